The van der Waals surface area contributed by atoms with Gasteiger partial charge < -0.3 is 15.3 Å². The molecule has 1 rings (SSSR count). The van der Waals surface area contributed by atoms with Crippen LogP contribution in [0.2, 0.25) is 0 Å². The van der Waals surface area contributed by atoms with E-state index in [9.17, 15) is 0 Å². The first-order valence-electron chi connectivity index (χ1n) is 4.25. The number of aryl methyl sites for hydroxylation is 1. The zero-order chi connectivity index (χ0) is 11.0. The second-order valence-corrected chi connectivity index (χ2v) is 3.37. The maximum atomic E-state index is 8.17. The number of benzene rings is 1. The van der Waals surface area contributed by atoms with Gasteiger partial charge in [-0.2, -0.15) is 0 Å². The molecule has 80 valence electrons. The van der Waals surface area contributed by atoms with E-state index in [-0.39, 0.29) is 13.2 Å². The molecule has 0 aliphatic rings. The van der Waals surface area contributed by atoms with Crippen LogP contribution in [-0.4, -0.2) is 34.6 Å². The van der Waals surface area contributed by atoms with Gasteiger partial charge >= 0.3 is 0 Å². The molecule has 0 fully saturated rings. The number of rotatable bonds is 2. The van der Waals surface area contributed by atoms with Gasteiger partial charge in [0.25, 0.3) is 0 Å². The van der Waals surface area contributed by atoms with Crippen molar-refractivity contribution < 1.29 is 15.3 Å². The summed E-state index contributed by atoms with van der Waals surface area (Å²) < 4.78 is 0. The number of aliphatic hydroxyl groups excluding tert-OH is 3. The van der Waals surface area contributed by atoms with Crippen LogP contribution in [0.5, 0.6) is 0 Å². The van der Waals surface area contributed by atoms with Gasteiger partial charge in [-0.15, -0.1) is 12.6 Å². The molecular weight excluding hydrogens is 200 g/mol. The highest BCUT2D eigenvalue weighted by atomic mass is 32.1. The van der Waals surface area contributed by atoms with Gasteiger partial charge in [-0.25, -0.2) is 0 Å². The van der Waals surface area contributed by atoms with E-state index in [1.165, 1.54) is 5.56 Å². The molecule has 3 nitrogen and oxygen atoms in total. The number of hydrogen-bond donors (Lipinski definition) is 4. The lowest BCUT2D eigenvalue weighted by atomic mass is 10.2. The van der Waals surface area contributed by atoms with E-state index in [4.69, 9.17) is 15.3 Å². The van der Waals surface area contributed by atoms with Crippen molar-refractivity contribution in [2.45, 2.75) is 17.9 Å². The van der Waals surface area contributed by atoms with Gasteiger partial charge in [-0.3, -0.25) is 0 Å². The average molecular weight is 216 g/mol. The Morgan fingerprint density at radius 2 is 1.57 bits per heavy atom. The summed E-state index contributed by atoms with van der Waals surface area (Å²) in [6.07, 6.45) is -0.954. The fraction of sp³-hybridized carbons (Fsp3) is 0.400. The zero-order valence-electron chi connectivity index (χ0n) is 8.09. The van der Waals surface area contributed by atoms with Crippen LogP contribution in [0.3, 0.4) is 0 Å². The maximum absolute atomic E-state index is 8.17. The molecule has 0 aliphatic heterocycles. The fourth-order valence-corrected chi connectivity index (χ4v) is 0.752. The Labute approximate surface area is 89.4 Å². The summed E-state index contributed by atoms with van der Waals surface area (Å²) in [4.78, 5) is 1.02. The second-order valence-electron chi connectivity index (χ2n) is 2.85. The summed E-state index contributed by atoms with van der Waals surface area (Å²) in [5.74, 6) is 0. The van der Waals surface area contributed by atoms with E-state index >= 15 is 0 Å². The van der Waals surface area contributed by atoms with Crippen LogP contribution >= 0.6 is 12.6 Å². The molecule has 1 aromatic rings. The van der Waals surface area contributed by atoms with Crippen LogP contribution < -0.4 is 0 Å². The van der Waals surface area contributed by atoms with Crippen LogP contribution in [-0.2, 0) is 0 Å². The number of hydrogen-bond acceptors (Lipinski definition) is 4. The van der Waals surface area contributed by atoms with E-state index < -0.39 is 6.10 Å². The topological polar surface area (TPSA) is 60.7 Å². The molecule has 0 atom stereocenters. The summed E-state index contributed by atoms with van der Waals surface area (Å²) in [6.45, 7) is 1.33. The molecule has 14 heavy (non-hydrogen) atoms. The molecule has 0 aliphatic carbocycles. The number of thiol groups is 1. The van der Waals surface area contributed by atoms with Crippen molar-refractivity contribution >= 4 is 12.6 Å². The Morgan fingerprint density at radius 1 is 1.14 bits per heavy atom. The third kappa shape index (κ3) is 6.91. The van der Waals surface area contributed by atoms with E-state index in [1.807, 2.05) is 24.3 Å². The maximum Gasteiger partial charge on any atom is 0.100 e. The fourth-order valence-electron chi connectivity index (χ4n) is 0.602. The number of aliphatic hydroxyl groups is 3. The highest BCUT2D eigenvalue weighted by Gasteiger charge is 1.93. The summed E-state index contributed by atoms with van der Waals surface area (Å²) in [5, 5.41) is 24.0. The van der Waals surface area contributed by atoms with Crippen LogP contribution in [0.25, 0.3) is 0 Å². The van der Waals surface area contributed by atoms with Gasteiger partial charge in [-0.05, 0) is 19.1 Å². The SMILES string of the molecule is Cc1ccc(S)cc1.OCC(O)CO. The molecule has 3 N–H and O–H groups in total. The minimum absolute atomic E-state index is 0.365. The van der Waals surface area contributed by atoms with Crippen molar-refractivity contribution in [3.63, 3.8) is 0 Å². The normalized spacial score (nSPS) is 9.57. The van der Waals surface area contributed by atoms with Crippen molar-refractivity contribution in [1.29, 1.82) is 0 Å². The monoisotopic (exact) mass is 216 g/mol. The minimum atomic E-state index is -0.954. The largest absolute Gasteiger partial charge is 0.394 e. The van der Waals surface area contributed by atoms with Gasteiger partial charge in [0.1, 0.15) is 6.10 Å². The Balaban J connectivity index is 0.000000255. The van der Waals surface area contributed by atoms with Crippen molar-refractivity contribution in [2.24, 2.45) is 0 Å². The molecule has 0 heterocycles. The highest BCUT2D eigenvalue weighted by molar-refractivity contribution is 7.80. The van der Waals surface area contributed by atoms with Crippen molar-refractivity contribution in [3.05, 3.63) is 29.8 Å². The summed E-state index contributed by atoms with van der Waals surface area (Å²) >= 11 is 4.13. The molecule has 0 saturated heterocycles. The van der Waals surface area contributed by atoms with Gasteiger partial charge in [0, 0.05) is 4.90 Å². The Morgan fingerprint density at radius 3 is 1.79 bits per heavy atom. The van der Waals surface area contributed by atoms with Crippen LogP contribution in [0.4, 0.5) is 0 Å². The van der Waals surface area contributed by atoms with Gasteiger partial charge in [0.2, 0.25) is 0 Å². The first kappa shape index (κ1) is 13.4. The lowest BCUT2D eigenvalue weighted by Crippen LogP contribution is -2.15. The Kier molecular flexibility index (Phi) is 7.51. The van der Waals surface area contributed by atoms with Crippen molar-refractivity contribution in [1.82, 2.24) is 0 Å². The summed E-state index contributed by atoms with van der Waals surface area (Å²) in [6, 6.07) is 8.06. The molecule has 1 aromatic carbocycles. The lowest BCUT2D eigenvalue weighted by Gasteiger charge is -1.96. The smallest absolute Gasteiger partial charge is 0.100 e. The third-order valence-electron chi connectivity index (χ3n) is 1.46. The quantitative estimate of drug-likeness (QED) is 0.548. The molecule has 0 amide bonds. The van der Waals surface area contributed by atoms with Crippen molar-refractivity contribution in [2.75, 3.05) is 13.2 Å². The average Bonchev–Trinajstić information content (AvgIpc) is 2.22. The van der Waals surface area contributed by atoms with Crippen LogP contribution in [0, 0.1) is 6.92 Å². The molecule has 0 radical (unpaired) electrons. The first-order chi connectivity index (χ1) is 6.60. The molecular formula is C10H16O3S. The van der Waals surface area contributed by atoms with Gasteiger partial charge in [0.15, 0.2) is 0 Å². The van der Waals surface area contributed by atoms with Crippen LogP contribution in [0.15, 0.2) is 29.2 Å². The van der Waals surface area contributed by atoms with Gasteiger partial charge in [0.05, 0.1) is 13.2 Å². The lowest BCUT2D eigenvalue weighted by molar-refractivity contribution is 0.0450. The highest BCUT2D eigenvalue weighted by Crippen LogP contribution is 2.05. The Hall–Kier alpha value is -0.550. The minimum Gasteiger partial charge on any atom is -0.394 e. The predicted octanol–water partition coefficient (Wildman–Crippen LogP) is 0.616. The predicted molar refractivity (Wildman–Crippen MR) is 58.6 cm³/mol. The molecule has 0 bridgehead atoms. The van der Waals surface area contributed by atoms with E-state index in [1.54, 1.807) is 0 Å². The van der Waals surface area contributed by atoms with Gasteiger partial charge in [-0.1, -0.05) is 17.7 Å². The Bertz CT molecular complexity index is 211. The molecule has 0 saturated carbocycles. The molecule has 0 spiro atoms. The third-order valence-corrected chi connectivity index (χ3v) is 1.75. The van der Waals surface area contributed by atoms with Crippen LogP contribution in [0.1, 0.15) is 5.56 Å². The summed E-state index contributed by atoms with van der Waals surface area (Å²) in [5.41, 5.74) is 1.28. The standard InChI is InChI=1S/C7H8S.C3H8O3/c1-6-2-4-7(8)5-3-6;4-1-3(6)2-5/h2-5,8H,1H3;3-6H,1-2H2. The molecule has 0 unspecified atom stereocenters. The molecule has 4 heteroatoms. The molecule has 0 aromatic heterocycles. The van der Waals surface area contributed by atoms with Crippen molar-refractivity contribution in [3.8, 4) is 0 Å². The van der Waals surface area contributed by atoms with E-state index in [0.29, 0.717) is 0 Å². The van der Waals surface area contributed by atoms with E-state index in [0.717, 1.165) is 4.90 Å². The first-order valence-corrected chi connectivity index (χ1v) is 4.70. The van der Waals surface area contributed by atoms with E-state index in [2.05, 4.69) is 19.6 Å². The second kappa shape index (κ2) is 7.82. The zero-order valence-corrected chi connectivity index (χ0v) is 8.98. The summed E-state index contributed by atoms with van der Waals surface area (Å²) in [7, 11) is 0.